The second kappa shape index (κ2) is 21.7. The van der Waals surface area contributed by atoms with Gasteiger partial charge in [-0.3, -0.25) is 0 Å². The van der Waals surface area contributed by atoms with Crippen molar-refractivity contribution in [1.82, 2.24) is 0 Å². The zero-order valence-corrected chi connectivity index (χ0v) is 35.8. The van der Waals surface area contributed by atoms with Gasteiger partial charge in [-0.1, -0.05) is 23.9 Å². The van der Waals surface area contributed by atoms with Crippen molar-refractivity contribution >= 4 is 11.8 Å². The topological polar surface area (TPSA) is 111 Å². The standard InChI is InChI=1S/C40H70O12S/c1-15-27-41-33-29-35(43-17-3,39(49-23-9,50-24-10)37(31(33)13,45-19-5)46-20-6)53-36(44-18-4)30-34(42-28-16-2)32(14)38(47-21-7,48-22-8)40(36,51-25-11)52-26-12/h15-16,27-32H,17-26H2,1-14H3. The molecule has 0 saturated heterocycles. The predicted octanol–water partition coefficient (Wildman–Crippen LogP) is 8.43. The average molecular weight is 775 g/mol. The smallest absolute Gasteiger partial charge is 0.268 e. The highest BCUT2D eigenvalue weighted by atomic mass is 32.2. The van der Waals surface area contributed by atoms with Crippen LogP contribution >= 0.6 is 11.8 Å². The van der Waals surface area contributed by atoms with Crippen LogP contribution in [0.25, 0.3) is 0 Å². The van der Waals surface area contributed by atoms with Crippen molar-refractivity contribution < 1.29 is 56.8 Å². The van der Waals surface area contributed by atoms with Gasteiger partial charge in [0.1, 0.15) is 11.5 Å². The molecule has 4 atom stereocenters. The SMILES string of the molecule is CC=COC1=CC(OCC)(SC2(OCC)C=C(OC=CC)C(C)C(OCC)(OCC)C2(OCC)OCC)C(OCC)(OCC)C(OCC)(OCC)C1C. The Kier molecular flexibility index (Phi) is 19.5. The number of allylic oxidation sites excluding steroid dienone is 2. The molecule has 0 fully saturated rings. The summed E-state index contributed by atoms with van der Waals surface area (Å²) in [5.74, 6) is -6.93. The van der Waals surface area contributed by atoms with Crippen molar-refractivity contribution in [3.05, 3.63) is 48.3 Å². The normalized spacial score (nSPS) is 27.6. The van der Waals surface area contributed by atoms with Gasteiger partial charge in [0.25, 0.3) is 11.6 Å². The molecule has 0 N–H and O–H groups in total. The van der Waals surface area contributed by atoms with Crippen LogP contribution in [0.15, 0.2) is 48.3 Å². The Labute approximate surface area is 324 Å². The first kappa shape index (κ1) is 47.7. The first-order chi connectivity index (χ1) is 25.5. The van der Waals surface area contributed by atoms with Crippen LogP contribution in [0.1, 0.15) is 96.9 Å². The Balaban J connectivity index is 3.48. The summed E-state index contributed by atoms with van der Waals surface area (Å²) in [6.45, 7) is 29.0. The van der Waals surface area contributed by atoms with Crippen LogP contribution in [0.5, 0.6) is 0 Å². The van der Waals surface area contributed by atoms with Gasteiger partial charge in [-0.2, -0.15) is 0 Å². The molecule has 0 amide bonds. The van der Waals surface area contributed by atoms with Gasteiger partial charge in [0.05, 0.1) is 24.4 Å². The van der Waals surface area contributed by atoms with E-state index in [1.54, 1.807) is 12.5 Å². The fourth-order valence-corrected chi connectivity index (χ4v) is 9.46. The summed E-state index contributed by atoms with van der Waals surface area (Å²) in [7, 11) is 0. The molecule has 2 aliphatic rings. The van der Waals surface area contributed by atoms with E-state index in [1.165, 1.54) is 11.8 Å². The molecule has 0 aromatic carbocycles. The zero-order chi connectivity index (χ0) is 39.8. The van der Waals surface area contributed by atoms with Crippen LogP contribution < -0.4 is 0 Å². The summed E-state index contributed by atoms with van der Waals surface area (Å²) < 4.78 is 81.8. The Morgan fingerprint density at radius 3 is 0.943 bits per heavy atom. The van der Waals surface area contributed by atoms with Crippen molar-refractivity contribution in [2.75, 3.05) is 66.1 Å². The van der Waals surface area contributed by atoms with Crippen molar-refractivity contribution in [3.63, 3.8) is 0 Å². The lowest BCUT2D eigenvalue weighted by Gasteiger charge is -2.64. The number of hydrogen-bond acceptors (Lipinski definition) is 13. The van der Waals surface area contributed by atoms with Gasteiger partial charge >= 0.3 is 0 Å². The minimum atomic E-state index is -1.80. The third kappa shape index (κ3) is 8.46. The van der Waals surface area contributed by atoms with E-state index in [0.29, 0.717) is 11.5 Å². The molecule has 12 nitrogen and oxygen atoms in total. The van der Waals surface area contributed by atoms with Crippen molar-refractivity contribution in [2.24, 2.45) is 11.8 Å². The molecule has 0 bridgehead atoms. The van der Waals surface area contributed by atoms with Crippen molar-refractivity contribution in [2.45, 2.75) is 130 Å². The summed E-state index contributed by atoms with van der Waals surface area (Å²) in [5, 5.41) is 0. The van der Waals surface area contributed by atoms with E-state index in [4.69, 9.17) is 56.8 Å². The van der Waals surface area contributed by atoms with Gasteiger partial charge in [0, 0.05) is 78.2 Å². The maximum absolute atomic E-state index is 7.07. The highest BCUT2D eigenvalue weighted by Crippen LogP contribution is 2.66. The Morgan fingerprint density at radius 1 is 0.453 bits per heavy atom. The van der Waals surface area contributed by atoms with Gasteiger partial charge in [-0.25, -0.2) is 0 Å². The predicted molar refractivity (Wildman–Crippen MR) is 207 cm³/mol. The minimum Gasteiger partial charge on any atom is -0.469 e. The summed E-state index contributed by atoms with van der Waals surface area (Å²) in [5.41, 5.74) is 0. The Hall–Kier alpha value is -1.49. The fraction of sp³-hybridized carbons (Fsp3) is 0.800. The molecule has 0 aliphatic heterocycles. The largest absolute Gasteiger partial charge is 0.469 e. The molecule has 0 spiro atoms. The molecule has 13 heteroatoms. The van der Waals surface area contributed by atoms with Crippen LogP contribution in [-0.4, -0.2) is 99.1 Å². The van der Waals surface area contributed by atoms with E-state index in [1.807, 2.05) is 121 Å². The maximum Gasteiger partial charge on any atom is 0.268 e. The molecule has 308 valence electrons. The van der Waals surface area contributed by atoms with E-state index in [-0.39, 0.29) is 66.1 Å². The van der Waals surface area contributed by atoms with E-state index in [9.17, 15) is 0 Å². The summed E-state index contributed by atoms with van der Waals surface area (Å²) in [6, 6.07) is 0. The zero-order valence-electron chi connectivity index (χ0n) is 35.0. The molecule has 0 saturated carbocycles. The van der Waals surface area contributed by atoms with Crippen molar-refractivity contribution in [3.8, 4) is 0 Å². The van der Waals surface area contributed by atoms with Crippen LogP contribution in [0.3, 0.4) is 0 Å². The lowest BCUT2D eigenvalue weighted by molar-refractivity contribution is -0.455. The van der Waals surface area contributed by atoms with E-state index in [2.05, 4.69) is 0 Å². The highest BCUT2D eigenvalue weighted by molar-refractivity contribution is 8.02. The van der Waals surface area contributed by atoms with Crippen molar-refractivity contribution in [1.29, 1.82) is 0 Å². The minimum absolute atomic E-state index is 0.202. The first-order valence-corrected chi connectivity index (χ1v) is 20.4. The van der Waals surface area contributed by atoms with Crippen LogP contribution in [0.2, 0.25) is 0 Å². The molecule has 2 rings (SSSR count). The number of hydrogen-bond donors (Lipinski definition) is 0. The second-order valence-electron chi connectivity index (χ2n) is 12.0. The summed E-state index contributed by atoms with van der Waals surface area (Å²) in [6.07, 6.45) is 10.6. The quantitative estimate of drug-likeness (QED) is 0.0620. The van der Waals surface area contributed by atoms with Gasteiger partial charge in [0.15, 0.2) is 9.87 Å². The number of thioether (sulfide) groups is 1. The molecule has 53 heavy (non-hydrogen) atoms. The fourth-order valence-electron chi connectivity index (χ4n) is 7.51. The number of rotatable bonds is 26. The first-order valence-electron chi connectivity index (χ1n) is 19.6. The van der Waals surface area contributed by atoms with E-state index in [0.717, 1.165) is 0 Å². The Bertz CT molecular complexity index is 1090. The van der Waals surface area contributed by atoms with Gasteiger partial charge in [-0.15, -0.1) is 0 Å². The third-order valence-electron chi connectivity index (χ3n) is 9.02. The monoisotopic (exact) mass is 774 g/mol. The van der Waals surface area contributed by atoms with E-state index < -0.39 is 44.9 Å². The molecule has 4 unspecified atom stereocenters. The molecule has 0 heterocycles. The lowest BCUT2D eigenvalue weighted by Crippen LogP contribution is -2.80. The van der Waals surface area contributed by atoms with Crippen LogP contribution in [0, 0.1) is 11.8 Å². The van der Waals surface area contributed by atoms with Crippen LogP contribution in [0.4, 0.5) is 0 Å². The van der Waals surface area contributed by atoms with Gasteiger partial charge < -0.3 is 56.8 Å². The lowest BCUT2D eigenvalue weighted by atomic mass is 9.79. The molecule has 0 aromatic heterocycles. The molecule has 0 aromatic rings. The molecule has 0 radical (unpaired) electrons. The Morgan fingerprint density at radius 2 is 0.717 bits per heavy atom. The maximum atomic E-state index is 7.07. The van der Waals surface area contributed by atoms with Crippen LogP contribution in [-0.2, 0) is 56.8 Å². The highest BCUT2D eigenvalue weighted by Gasteiger charge is 2.80. The van der Waals surface area contributed by atoms with E-state index >= 15 is 0 Å². The summed E-state index contributed by atoms with van der Waals surface area (Å²) in [4.78, 5) is -3.35. The molecular formula is C40H70O12S. The molecule has 2 aliphatic carbocycles. The second-order valence-corrected chi connectivity index (χ2v) is 13.5. The van der Waals surface area contributed by atoms with Gasteiger partial charge in [0.2, 0.25) is 11.6 Å². The molecular weight excluding hydrogens is 704 g/mol. The van der Waals surface area contributed by atoms with Gasteiger partial charge in [-0.05, 0) is 96.9 Å². The average Bonchev–Trinajstić information content (AvgIpc) is 3.12. The third-order valence-corrected chi connectivity index (χ3v) is 10.6. The number of ether oxygens (including phenoxy) is 12. The summed E-state index contributed by atoms with van der Waals surface area (Å²) >= 11 is 1.22.